The number of fused-ring (bicyclic) bond motifs is 15. The molecule has 3 nitrogen and oxygen atoms in total. The van der Waals surface area contributed by atoms with Crippen LogP contribution in [0.5, 0.6) is 0 Å². The van der Waals surface area contributed by atoms with Crippen molar-refractivity contribution < 1.29 is 4.42 Å². The van der Waals surface area contributed by atoms with E-state index in [1.54, 1.807) is 0 Å². The molecule has 3 heteroatoms. The molecule has 0 atom stereocenters. The molecule has 3 aromatic heterocycles. The summed E-state index contributed by atoms with van der Waals surface area (Å²) < 4.78 is 8.75. The lowest BCUT2D eigenvalue weighted by Gasteiger charge is -2.26. The number of rotatable bonds is 3. The van der Waals surface area contributed by atoms with Gasteiger partial charge in [0.05, 0.1) is 16.6 Å². The van der Waals surface area contributed by atoms with Crippen LogP contribution in [0, 0.1) is 0 Å². The van der Waals surface area contributed by atoms with Gasteiger partial charge in [-0.2, -0.15) is 0 Å². The van der Waals surface area contributed by atoms with E-state index in [2.05, 4.69) is 167 Å². The van der Waals surface area contributed by atoms with E-state index in [0.29, 0.717) is 0 Å². The molecule has 51 heavy (non-hydrogen) atoms. The van der Waals surface area contributed by atoms with E-state index in [1.807, 2.05) is 12.1 Å². The fourth-order valence-corrected chi connectivity index (χ4v) is 8.89. The summed E-state index contributed by atoms with van der Waals surface area (Å²) in [5.74, 6) is 0. The maximum Gasteiger partial charge on any atom is 0.135 e. The summed E-state index contributed by atoms with van der Waals surface area (Å²) in [6.45, 7) is 0. The van der Waals surface area contributed by atoms with Gasteiger partial charge in [0.25, 0.3) is 0 Å². The molecule has 0 saturated carbocycles. The van der Waals surface area contributed by atoms with E-state index < -0.39 is 0 Å². The molecule has 0 aliphatic heterocycles. The highest BCUT2D eigenvalue weighted by Crippen LogP contribution is 2.45. The fourth-order valence-electron chi connectivity index (χ4n) is 8.89. The molecule has 9 aromatic carbocycles. The normalized spacial score (nSPS) is 12.3. The Kier molecular flexibility index (Phi) is 5.23. The monoisotopic (exact) mass is 648 g/mol. The van der Waals surface area contributed by atoms with E-state index in [1.165, 1.54) is 70.4 Å². The second kappa shape index (κ2) is 9.87. The standard InChI is InChI=1S/C48H28N2O/c1-2-12-34-32(10-1)33-11-3-4-13-35(33)42-26-29(20-23-36(34)42)49(30-22-25-47-43(27-30)39-15-6-8-19-46(39)51-47)31-21-24-38-41-17-9-16-40-37-14-5-7-18-44(37)50(48(40)41)45(38)28-31/h1-28H. The van der Waals surface area contributed by atoms with Crippen LogP contribution in [-0.4, -0.2) is 4.40 Å². The van der Waals surface area contributed by atoms with Crippen LogP contribution in [0.4, 0.5) is 17.1 Å². The first-order valence-corrected chi connectivity index (χ1v) is 17.5. The SMILES string of the molecule is c1ccc2c(c1)oc1ccc(N(c3ccc4c5ccccc5c5ccccc5c4c3)c3ccc4c5cccc6c7ccccc7n(c4c3)c65)cc12. The number of aromatic nitrogens is 1. The second-order valence-corrected chi connectivity index (χ2v) is 13.7. The van der Waals surface area contributed by atoms with Gasteiger partial charge in [-0.3, -0.25) is 0 Å². The Morgan fingerprint density at radius 2 is 0.784 bits per heavy atom. The smallest absolute Gasteiger partial charge is 0.135 e. The van der Waals surface area contributed by atoms with Crippen LogP contribution >= 0.6 is 0 Å². The molecule has 12 rings (SSSR count). The molecule has 0 spiro atoms. The molecule has 0 fully saturated rings. The third-order valence-corrected chi connectivity index (χ3v) is 11.1. The Morgan fingerprint density at radius 3 is 1.51 bits per heavy atom. The van der Waals surface area contributed by atoms with Crippen molar-refractivity contribution in [3.05, 3.63) is 170 Å². The van der Waals surface area contributed by atoms with Gasteiger partial charge in [-0.05, 0) is 86.9 Å². The van der Waals surface area contributed by atoms with Gasteiger partial charge in [-0.25, -0.2) is 0 Å². The van der Waals surface area contributed by atoms with Gasteiger partial charge in [-0.1, -0.05) is 115 Å². The van der Waals surface area contributed by atoms with Crippen molar-refractivity contribution in [3.8, 4) is 0 Å². The van der Waals surface area contributed by atoms with Crippen molar-refractivity contribution in [3.63, 3.8) is 0 Å². The van der Waals surface area contributed by atoms with Crippen LogP contribution < -0.4 is 4.90 Å². The van der Waals surface area contributed by atoms with Crippen LogP contribution in [-0.2, 0) is 0 Å². The van der Waals surface area contributed by atoms with E-state index in [-0.39, 0.29) is 0 Å². The first-order valence-electron chi connectivity index (χ1n) is 17.5. The summed E-state index contributed by atoms with van der Waals surface area (Å²) in [6.07, 6.45) is 0. The van der Waals surface area contributed by atoms with Gasteiger partial charge in [0.2, 0.25) is 0 Å². The first kappa shape index (κ1) is 27.0. The third-order valence-electron chi connectivity index (χ3n) is 11.1. The molecular weight excluding hydrogens is 621 g/mol. The van der Waals surface area contributed by atoms with Crippen molar-refractivity contribution in [2.45, 2.75) is 0 Å². The van der Waals surface area contributed by atoms with Crippen molar-refractivity contribution >= 4 is 109 Å². The predicted molar refractivity (Wildman–Crippen MR) is 216 cm³/mol. The largest absolute Gasteiger partial charge is 0.456 e. The molecule has 12 aromatic rings. The molecule has 0 unspecified atom stereocenters. The Labute approximate surface area is 292 Å². The van der Waals surface area contributed by atoms with Crippen molar-refractivity contribution in [1.82, 2.24) is 4.40 Å². The molecule has 0 saturated heterocycles. The third kappa shape index (κ3) is 3.62. The highest BCUT2D eigenvalue weighted by Gasteiger charge is 2.21. The highest BCUT2D eigenvalue weighted by atomic mass is 16.3. The summed E-state index contributed by atoms with van der Waals surface area (Å²) >= 11 is 0. The lowest BCUT2D eigenvalue weighted by Crippen LogP contribution is -2.10. The van der Waals surface area contributed by atoms with Crippen molar-refractivity contribution in [2.24, 2.45) is 0 Å². The minimum atomic E-state index is 0.890. The first-order chi connectivity index (χ1) is 25.3. The summed E-state index contributed by atoms with van der Waals surface area (Å²) in [5, 5.41) is 14.9. The number of benzene rings is 9. The summed E-state index contributed by atoms with van der Waals surface area (Å²) in [5.41, 5.74) is 8.80. The van der Waals surface area contributed by atoms with Gasteiger partial charge in [0, 0.05) is 49.4 Å². The molecule has 3 heterocycles. The Bertz CT molecular complexity index is 3350. The van der Waals surface area contributed by atoms with E-state index in [0.717, 1.165) is 39.0 Å². The fraction of sp³-hybridized carbons (Fsp3) is 0. The Balaban J connectivity index is 1.18. The van der Waals surface area contributed by atoms with Crippen molar-refractivity contribution in [1.29, 1.82) is 0 Å². The number of hydrogen-bond donors (Lipinski definition) is 0. The van der Waals surface area contributed by atoms with Crippen LogP contribution in [0.3, 0.4) is 0 Å². The molecular formula is C48H28N2O. The summed E-state index contributed by atoms with van der Waals surface area (Å²) in [4.78, 5) is 2.41. The number of furan rings is 1. The number of anilines is 3. The van der Waals surface area contributed by atoms with E-state index >= 15 is 0 Å². The topological polar surface area (TPSA) is 20.8 Å². The number of hydrogen-bond acceptors (Lipinski definition) is 2. The van der Waals surface area contributed by atoms with Gasteiger partial charge in [0.1, 0.15) is 11.2 Å². The zero-order chi connectivity index (χ0) is 33.2. The minimum absolute atomic E-state index is 0.890. The molecule has 0 bridgehead atoms. The highest BCUT2D eigenvalue weighted by molar-refractivity contribution is 6.26. The quantitative estimate of drug-likeness (QED) is 0.178. The zero-order valence-corrected chi connectivity index (χ0v) is 27.5. The predicted octanol–water partition coefficient (Wildman–Crippen LogP) is 13.7. The Hall–Kier alpha value is -6.84. The van der Waals surface area contributed by atoms with Crippen LogP contribution in [0.2, 0.25) is 0 Å². The molecule has 0 radical (unpaired) electrons. The molecule has 236 valence electrons. The average molecular weight is 649 g/mol. The average Bonchev–Trinajstić information content (AvgIpc) is 3.85. The summed E-state index contributed by atoms with van der Waals surface area (Å²) in [6, 6.07) is 61.9. The second-order valence-electron chi connectivity index (χ2n) is 13.7. The van der Waals surface area contributed by atoms with Gasteiger partial charge in [-0.15, -0.1) is 0 Å². The van der Waals surface area contributed by atoms with Crippen LogP contribution in [0.25, 0.3) is 92.4 Å². The van der Waals surface area contributed by atoms with Crippen LogP contribution in [0.15, 0.2) is 174 Å². The molecule has 0 aliphatic rings. The van der Waals surface area contributed by atoms with Crippen molar-refractivity contribution in [2.75, 3.05) is 4.90 Å². The van der Waals surface area contributed by atoms with E-state index in [4.69, 9.17) is 4.42 Å². The van der Waals surface area contributed by atoms with Gasteiger partial charge in [0.15, 0.2) is 0 Å². The lowest BCUT2D eigenvalue weighted by molar-refractivity contribution is 0.669. The molecule has 0 N–H and O–H groups in total. The number of nitrogens with zero attached hydrogens (tertiary/aromatic N) is 2. The minimum Gasteiger partial charge on any atom is -0.456 e. The summed E-state index contributed by atoms with van der Waals surface area (Å²) in [7, 11) is 0. The van der Waals surface area contributed by atoms with Crippen LogP contribution in [0.1, 0.15) is 0 Å². The molecule has 0 aliphatic carbocycles. The van der Waals surface area contributed by atoms with Gasteiger partial charge >= 0.3 is 0 Å². The zero-order valence-electron chi connectivity index (χ0n) is 27.5. The molecule has 0 amide bonds. The number of para-hydroxylation sites is 3. The van der Waals surface area contributed by atoms with E-state index in [9.17, 15) is 0 Å². The maximum absolute atomic E-state index is 6.28. The Morgan fingerprint density at radius 1 is 0.314 bits per heavy atom. The lowest BCUT2D eigenvalue weighted by atomic mass is 9.94. The maximum atomic E-state index is 6.28. The van der Waals surface area contributed by atoms with Gasteiger partial charge < -0.3 is 13.7 Å².